The van der Waals surface area contributed by atoms with E-state index in [1.165, 1.54) is 11.1 Å². The number of thiazole rings is 1. The summed E-state index contributed by atoms with van der Waals surface area (Å²) in [5.41, 5.74) is 1.02. The average Bonchev–Trinajstić information content (AvgIpc) is 2.89. The van der Waals surface area contributed by atoms with E-state index in [2.05, 4.69) is 16.4 Å². The van der Waals surface area contributed by atoms with Gasteiger partial charge in [0.2, 0.25) is 5.91 Å². The average molecular weight is 362 g/mol. The molecule has 0 bridgehead atoms. The van der Waals surface area contributed by atoms with Crippen LogP contribution < -0.4 is 5.32 Å². The number of aromatic nitrogens is 1. The highest BCUT2D eigenvalue weighted by Crippen LogP contribution is 2.22. The number of rotatable bonds is 3. The van der Waals surface area contributed by atoms with Crippen molar-refractivity contribution in [2.75, 3.05) is 13.6 Å². The number of carbonyl (C=O) groups is 1. The molecule has 1 unspecified atom stereocenters. The zero-order valence-electron chi connectivity index (χ0n) is 12.4. The van der Waals surface area contributed by atoms with Gasteiger partial charge in [0.1, 0.15) is 5.01 Å². The third-order valence-electron chi connectivity index (χ3n) is 3.70. The lowest BCUT2D eigenvalue weighted by Gasteiger charge is -2.26. The maximum Gasteiger partial charge on any atom is 0.239 e. The number of likely N-dealkylation sites (N-methyl/N-ethyl adjacent to an activating group) is 1. The van der Waals surface area contributed by atoms with Gasteiger partial charge in [-0.3, -0.25) is 4.79 Å². The van der Waals surface area contributed by atoms with Gasteiger partial charge in [-0.1, -0.05) is 18.6 Å². The van der Waals surface area contributed by atoms with Crippen LogP contribution in [0.1, 0.15) is 24.3 Å². The van der Waals surface area contributed by atoms with Gasteiger partial charge >= 0.3 is 0 Å². The zero-order chi connectivity index (χ0) is 13.9. The van der Waals surface area contributed by atoms with Crippen molar-refractivity contribution < 1.29 is 4.79 Å². The minimum absolute atomic E-state index is 0. The van der Waals surface area contributed by atoms with Gasteiger partial charge in [-0.2, -0.15) is 0 Å². The fraction of sp³-hybridized carbons (Fsp3) is 0.467. The van der Waals surface area contributed by atoms with Crippen LogP contribution in [0.2, 0.25) is 0 Å². The number of fused-ring (bicyclic) bond motifs is 1. The van der Waals surface area contributed by atoms with E-state index in [1.807, 2.05) is 25.2 Å². The predicted octanol–water partition coefficient (Wildman–Crippen LogP) is 3.24. The van der Waals surface area contributed by atoms with Crippen molar-refractivity contribution in [3.05, 3.63) is 29.3 Å². The van der Waals surface area contributed by atoms with Gasteiger partial charge in [0.15, 0.2) is 0 Å². The van der Waals surface area contributed by atoms with Crippen molar-refractivity contribution in [1.29, 1.82) is 0 Å². The molecule has 1 saturated heterocycles. The Morgan fingerprint density at radius 1 is 1.36 bits per heavy atom. The molecule has 1 fully saturated rings. The smallest absolute Gasteiger partial charge is 0.239 e. The Hall–Kier alpha value is -0.880. The molecule has 22 heavy (non-hydrogen) atoms. The number of piperidine rings is 1. The Labute approximate surface area is 147 Å². The molecule has 2 aromatic rings. The van der Waals surface area contributed by atoms with E-state index in [0.29, 0.717) is 6.54 Å². The molecule has 3 rings (SSSR count). The molecule has 1 N–H and O–H groups in total. The van der Waals surface area contributed by atoms with Crippen LogP contribution in [0.3, 0.4) is 0 Å². The van der Waals surface area contributed by atoms with E-state index < -0.39 is 0 Å². The number of hydrogen-bond acceptors (Lipinski definition) is 4. The fourth-order valence-electron chi connectivity index (χ4n) is 2.60. The lowest BCUT2D eigenvalue weighted by molar-refractivity contribution is -0.133. The Bertz CT molecular complexity index is 581. The predicted molar refractivity (Wildman–Crippen MR) is 96.2 cm³/mol. The molecule has 1 aliphatic heterocycles. The Kier molecular flexibility index (Phi) is 7.56. The van der Waals surface area contributed by atoms with Crippen molar-refractivity contribution in [3.63, 3.8) is 0 Å². The Balaban J connectivity index is 0.00000121. The van der Waals surface area contributed by atoms with Gasteiger partial charge in [-0.15, -0.1) is 36.2 Å². The van der Waals surface area contributed by atoms with Crippen LogP contribution in [0.25, 0.3) is 10.2 Å². The van der Waals surface area contributed by atoms with Crippen LogP contribution >= 0.6 is 36.2 Å². The molecule has 7 heteroatoms. The standard InChI is InChI=1S/C15H19N3OS.2ClH/c1-18(15(19)12-7-4-5-9-16-12)10-14-17-11-6-2-3-8-13(11)20-14;;/h2-3,6,8,12,16H,4-5,7,9-10H2,1H3;2*1H. The molecule has 0 aliphatic carbocycles. The van der Waals surface area contributed by atoms with Gasteiger partial charge in [0.05, 0.1) is 22.8 Å². The molecule has 0 saturated carbocycles. The molecule has 1 amide bonds. The molecule has 2 heterocycles. The van der Waals surface area contributed by atoms with Crippen molar-refractivity contribution >= 4 is 52.3 Å². The van der Waals surface area contributed by atoms with Gasteiger partial charge in [0, 0.05) is 7.05 Å². The van der Waals surface area contributed by atoms with Crippen LogP contribution in [-0.4, -0.2) is 35.4 Å². The van der Waals surface area contributed by atoms with Gasteiger partial charge in [-0.05, 0) is 31.5 Å². The first kappa shape index (κ1) is 19.2. The molecule has 1 atom stereocenters. The quantitative estimate of drug-likeness (QED) is 0.912. The molecule has 0 radical (unpaired) electrons. The second-order valence-corrected chi connectivity index (χ2v) is 6.39. The van der Waals surface area contributed by atoms with Crippen LogP contribution in [0, 0.1) is 0 Å². The topological polar surface area (TPSA) is 45.2 Å². The van der Waals surface area contributed by atoms with Gasteiger partial charge in [0.25, 0.3) is 0 Å². The third kappa shape index (κ3) is 4.32. The summed E-state index contributed by atoms with van der Waals surface area (Å²) in [5.74, 6) is 0.184. The first-order valence-corrected chi connectivity index (χ1v) is 7.88. The number of para-hydroxylation sites is 1. The van der Waals surface area contributed by atoms with E-state index in [0.717, 1.165) is 29.9 Å². The lowest BCUT2D eigenvalue weighted by Crippen LogP contribution is -2.46. The fourth-order valence-corrected chi connectivity index (χ4v) is 3.62. The Morgan fingerprint density at radius 2 is 2.14 bits per heavy atom. The third-order valence-corrected chi connectivity index (χ3v) is 4.72. The summed E-state index contributed by atoms with van der Waals surface area (Å²) in [6, 6.07) is 8.08. The van der Waals surface area contributed by atoms with E-state index in [-0.39, 0.29) is 36.8 Å². The highest BCUT2D eigenvalue weighted by atomic mass is 35.5. The van der Waals surface area contributed by atoms with Gasteiger partial charge in [-0.25, -0.2) is 4.98 Å². The molecule has 1 aromatic carbocycles. The number of amides is 1. The monoisotopic (exact) mass is 361 g/mol. The van der Waals surface area contributed by atoms with E-state index in [9.17, 15) is 4.79 Å². The highest BCUT2D eigenvalue weighted by Gasteiger charge is 2.24. The number of nitrogens with zero attached hydrogens (tertiary/aromatic N) is 2. The van der Waals surface area contributed by atoms with E-state index in [1.54, 1.807) is 16.2 Å². The van der Waals surface area contributed by atoms with E-state index >= 15 is 0 Å². The maximum atomic E-state index is 12.4. The number of nitrogens with one attached hydrogen (secondary N) is 1. The van der Waals surface area contributed by atoms with Crippen molar-refractivity contribution in [1.82, 2.24) is 15.2 Å². The largest absolute Gasteiger partial charge is 0.338 e. The van der Waals surface area contributed by atoms with Crippen molar-refractivity contribution in [2.24, 2.45) is 0 Å². The SMILES string of the molecule is CN(Cc1nc2ccccc2s1)C(=O)C1CCCCN1.Cl.Cl. The minimum Gasteiger partial charge on any atom is -0.338 e. The molecule has 122 valence electrons. The first-order chi connectivity index (χ1) is 9.74. The number of halogens is 2. The summed E-state index contributed by atoms with van der Waals surface area (Å²) in [5, 5.41) is 4.30. The normalized spacial score (nSPS) is 17.4. The second kappa shape index (κ2) is 8.67. The molecular formula is C15H21Cl2N3OS. The van der Waals surface area contributed by atoms with E-state index in [4.69, 9.17) is 0 Å². The summed E-state index contributed by atoms with van der Waals surface area (Å²) < 4.78 is 1.18. The molecule has 1 aromatic heterocycles. The number of carbonyl (C=O) groups excluding carboxylic acids is 1. The second-order valence-electron chi connectivity index (χ2n) is 5.27. The van der Waals surface area contributed by atoms with Crippen LogP contribution in [0.15, 0.2) is 24.3 Å². The minimum atomic E-state index is -0.0110. The molecule has 1 aliphatic rings. The number of hydrogen-bond donors (Lipinski definition) is 1. The molecule has 4 nitrogen and oxygen atoms in total. The summed E-state index contributed by atoms with van der Waals surface area (Å²) in [6.45, 7) is 1.54. The molecular weight excluding hydrogens is 341 g/mol. The zero-order valence-corrected chi connectivity index (χ0v) is 14.9. The van der Waals surface area contributed by atoms with Crippen molar-refractivity contribution in [3.8, 4) is 0 Å². The summed E-state index contributed by atoms with van der Waals surface area (Å²) in [7, 11) is 1.87. The summed E-state index contributed by atoms with van der Waals surface area (Å²) in [4.78, 5) is 18.7. The van der Waals surface area contributed by atoms with Gasteiger partial charge < -0.3 is 10.2 Å². The summed E-state index contributed by atoms with van der Waals surface area (Å²) >= 11 is 1.66. The van der Waals surface area contributed by atoms with Crippen molar-refractivity contribution in [2.45, 2.75) is 31.8 Å². The number of benzene rings is 1. The first-order valence-electron chi connectivity index (χ1n) is 7.07. The summed E-state index contributed by atoms with van der Waals surface area (Å²) in [6.07, 6.45) is 3.26. The van der Waals surface area contributed by atoms with Crippen LogP contribution in [0.4, 0.5) is 0 Å². The van der Waals surface area contributed by atoms with Crippen LogP contribution in [0.5, 0.6) is 0 Å². The van der Waals surface area contributed by atoms with Crippen LogP contribution in [-0.2, 0) is 11.3 Å². The molecule has 0 spiro atoms. The maximum absolute atomic E-state index is 12.4. The Morgan fingerprint density at radius 3 is 2.82 bits per heavy atom. The lowest BCUT2D eigenvalue weighted by atomic mass is 10.0. The highest BCUT2D eigenvalue weighted by molar-refractivity contribution is 7.18.